The number of benzene rings is 1. The van der Waals surface area contributed by atoms with E-state index >= 15 is 0 Å². The Morgan fingerprint density at radius 1 is 1.05 bits per heavy atom. The number of nitro benzene ring substituents is 1. The minimum Gasteiger partial charge on any atom is -0.473 e. The van der Waals surface area contributed by atoms with Gasteiger partial charge in [-0.05, 0) is 12.1 Å². The molecule has 21 heavy (non-hydrogen) atoms. The predicted octanol–water partition coefficient (Wildman–Crippen LogP) is -1.46. The van der Waals surface area contributed by atoms with E-state index in [-0.39, 0.29) is 11.4 Å². The van der Waals surface area contributed by atoms with E-state index in [1.807, 2.05) is 0 Å². The number of amides is 2. The molecule has 2 amide bonds. The third kappa shape index (κ3) is 6.85. The Kier molecular flexibility index (Phi) is 6.53. The van der Waals surface area contributed by atoms with E-state index in [1.165, 1.54) is 0 Å². The number of carboxylic acid groups (broad SMARTS) is 1. The van der Waals surface area contributed by atoms with Crippen LogP contribution in [0.1, 0.15) is 0 Å². The van der Waals surface area contributed by atoms with E-state index in [1.54, 1.807) is 0 Å². The average molecular weight is 299 g/mol. The molecule has 0 radical (unpaired) electrons. The van der Waals surface area contributed by atoms with Gasteiger partial charge < -0.3 is 21.3 Å². The van der Waals surface area contributed by atoms with Crippen molar-refractivity contribution >= 4 is 29.4 Å². The van der Waals surface area contributed by atoms with Crippen LogP contribution in [-0.4, -0.2) is 33.8 Å². The second-order valence-corrected chi connectivity index (χ2v) is 3.17. The number of carbonyl (C=O) groups is 4. The predicted molar refractivity (Wildman–Crippen MR) is 64.8 cm³/mol. The molecule has 0 aliphatic rings. The number of esters is 1. The number of primary amides is 2. The van der Waals surface area contributed by atoms with Crippen molar-refractivity contribution in [2.75, 3.05) is 0 Å². The van der Waals surface area contributed by atoms with Gasteiger partial charge in [-0.15, -0.1) is 0 Å². The minimum atomic E-state index is -1.73. The zero-order chi connectivity index (χ0) is 16.6. The maximum atomic E-state index is 10.6. The zero-order valence-corrected chi connectivity index (χ0v) is 10.2. The molecule has 0 fully saturated rings. The van der Waals surface area contributed by atoms with Crippen LogP contribution in [-0.2, 0) is 19.2 Å². The summed E-state index contributed by atoms with van der Waals surface area (Å²) in [5, 5.41) is 18.4. The number of aliphatic carboxylic acids is 1. The van der Waals surface area contributed by atoms with Gasteiger partial charge in [0.25, 0.3) is 5.69 Å². The zero-order valence-electron chi connectivity index (χ0n) is 10.2. The lowest BCUT2D eigenvalue weighted by Crippen LogP contribution is -2.29. The molecule has 0 aromatic heterocycles. The van der Waals surface area contributed by atoms with Crippen molar-refractivity contribution in [1.82, 2.24) is 0 Å². The number of nitrogens with two attached hydrogens (primary N) is 2. The molecule has 1 aromatic carbocycles. The van der Waals surface area contributed by atoms with E-state index in [2.05, 4.69) is 16.2 Å². The summed E-state index contributed by atoms with van der Waals surface area (Å²) < 4.78 is 4.35. The number of ether oxygens (including phenoxy) is 1. The topological polar surface area (TPSA) is 193 Å². The van der Waals surface area contributed by atoms with Gasteiger partial charge in [0.05, 0.1) is 4.92 Å². The summed E-state index contributed by atoms with van der Waals surface area (Å²) >= 11 is 0. The Bertz CT molecular complexity index is 568. The number of non-ortho nitro benzene ring substituents is 1. The van der Waals surface area contributed by atoms with Crippen LogP contribution in [0.5, 0.6) is 5.75 Å². The standard InChI is InChI=1S/C8H5NO6.C2H4N2O2/c10-7(11)8(12)15-6-3-1-5(2-4-6)9(13)14;3-1(5)2(4)6/h1-4H,(H,10,11);(H2,3,5)(H2,4,6). The maximum Gasteiger partial charge on any atom is 0.422 e. The SMILES string of the molecule is NC(=O)C(N)=O.O=C(O)C(=O)Oc1ccc([N+](=O)[O-])cc1. The number of nitrogens with zero attached hydrogens (tertiary/aromatic N) is 1. The highest BCUT2D eigenvalue weighted by atomic mass is 16.6. The van der Waals surface area contributed by atoms with Crippen LogP contribution in [0.2, 0.25) is 0 Å². The second kappa shape index (κ2) is 7.83. The molecule has 0 saturated carbocycles. The molecule has 0 saturated heterocycles. The van der Waals surface area contributed by atoms with Crippen molar-refractivity contribution in [2.45, 2.75) is 0 Å². The van der Waals surface area contributed by atoms with Gasteiger partial charge in [-0.25, -0.2) is 9.59 Å². The van der Waals surface area contributed by atoms with Crippen LogP contribution in [0, 0.1) is 10.1 Å². The van der Waals surface area contributed by atoms with E-state index in [0.717, 1.165) is 24.3 Å². The fraction of sp³-hybridized carbons (Fsp3) is 0. The minimum absolute atomic E-state index is 0.0620. The Hall–Kier alpha value is -3.50. The summed E-state index contributed by atoms with van der Waals surface area (Å²) in [6.07, 6.45) is 0. The molecular formula is C10H9N3O8. The van der Waals surface area contributed by atoms with Crippen LogP contribution >= 0.6 is 0 Å². The summed E-state index contributed by atoms with van der Waals surface area (Å²) in [5.74, 6) is -5.43. The first-order valence-electron chi connectivity index (χ1n) is 4.94. The van der Waals surface area contributed by atoms with Crippen LogP contribution in [0.3, 0.4) is 0 Å². The van der Waals surface area contributed by atoms with E-state index in [0.29, 0.717) is 0 Å². The van der Waals surface area contributed by atoms with Gasteiger partial charge in [0.2, 0.25) is 0 Å². The molecule has 1 aromatic rings. The summed E-state index contributed by atoms with van der Waals surface area (Å²) in [7, 11) is 0. The average Bonchev–Trinajstić information content (AvgIpc) is 2.39. The van der Waals surface area contributed by atoms with Crippen LogP contribution < -0.4 is 16.2 Å². The summed E-state index contributed by atoms with van der Waals surface area (Å²) in [6.45, 7) is 0. The highest BCUT2D eigenvalue weighted by molar-refractivity contribution is 6.33. The molecule has 5 N–H and O–H groups in total. The molecule has 0 aliphatic carbocycles. The Labute approximate surface area is 116 Å². The number of hydrogen-bond acceptors (Lipinski definition) is 7. The molecule has 0 bridgehead atoms. The Morgan fingerprint density at radius 3 is 1.76 bits per heavy atom. The number of nitro groups is 1. The quantitative estimate of drug-likeness (QED) is 0.194. The largest absolute Gasteiger partial charge is 0.473 e. The summed E-state index contributed by atoms with van der Waals surface area (Å²) in [6, 6.07) is 4.48. The van der Waals surface area contributed by atoms with E-state index in [4.69, 9.17) is 5.11 Å². The normalized spacial score (nSPS) is 8.76. The Balaban J connectivity index is 0.000000567. The molecule has 0 spiro atoms. The first-order valence-corrected chi connectivity index (χ1v) is 4.94. The number of hydrogen-bond donors (Lipinski definition) is 3. The fourth-order valence-corrected chi connectivity index (χ4v) is 0.787. The van der Waals surface area contributed by atoms with Gasteiger partial charge in [-0.1, -0.05) is 0 Å². The van der Waals surface area contributed by atoms with Crippen molar-refractivity contribution < 1.29 is 33.9 Å². The second-order valence-electron chi connectivity index (χ2n) is 3.17. The van der Waals surface area contributed by atoms with Crippen molar-refractivity contribution in [1.29, 1.82) is 0 Å². The molecule has 11 heteroatoms. The first-order chi connectivity index (χ1) is 9.65. The smallest absolute Gasteiger partial charge is 0.422 e. The lowest BCUT2D eigenvalue weighted by molar-refractivity contribution is -0.384. The molecule has 0 aliphatic heterocycles. The fourth-order valence-electron chi connectivity index (χ4n) is 0.787. The summed E-state index contributed by atoms with van der Waals surface area (Å²) in [4.78, 5) is 49.2. The number of rotatable bonds is 2. The molecule has 11 nitrogen and oxygen atoms in total. The van der Waals surface area contributed by atoms with Crippen LogP contribution in [0.15, 0.2) is 24.3 Å². The van der Waals surface area contributed by atoms with Crippen molar-refractivity contribution in [3.63, 3.8) is 0 Å². The molecule has 112 valence electrons. The Morgan fingerprint density at radius 2 is 1.48 bits per heavy atom. The highest BCUT2D eigenvalue weighted by Gasteiger charge is 2.14. The molecule has 0 atom stereocenters. The molecule has 0 unspecified atom stereocenters. The third-order valence-corrected chi connectivity index (χ3v) is 1.68. The van der Waals surface area contributed by atoms with Gasteiger partial charge in [0, 0.05) is 12.1 Å². The van der Waals surface area contributed by atoms with Crippen molar-refractivity contribution in [3.8, 4) is 5.75 Å². The third-order valence-electron chi connectivity index (χ3n) is 1.68. The molecule has 1 rings (SSSR count). The van der Waals surface area contributed by atoms with Gasteiger partial charge in [-0.2, -0.15) is 0 Å². The van der Waals surface area contributed by atoms with Crippen molar-refractivity contribution in [2.24, 2.45) is 11.5 Å². The molecular weight excluding hydrogens is 290 g/mol. The lowest BCUT2D eigenvalue weighted by atomic mass is 10.3. The van der Waals surface area contributed by atoms with Crippen molar-refractivity contribution in [3.05, 3.63) is 34.4 Å². The van der Waals surface area contributed by atoms with Crippen LogP contribution in [0.25, 0.3) is 0 Å². The highest BCUT2D eigenvalue weighted by Crippen LogP contribution is 2.17. The number of carbonyl (C=O) groups excluding carboxylic acids is 3. The van der Waals surface area contributed by atoms with Gasteiger partial charge >= 0.3 is 23.8 Å². The monoisotopic (exact) mass is 299 g/mol. The number of carboxylic acids is 1. The summed E-state index contributed by atoms with van der Waals surface area (Å²) in [5.41, 5.74) is 8.47. The van der Waals surface area contributed by atoms with Gasteiger partial charge in [-0.3, -0.25) is 19.7 Å². The van der Waals surface area contributed by atoms with E-state index < -0.39 is 28.7 Å². The maximum absolute atomic E-state index is 10.6. The van der Waals surface area contributed by atoms with Crippen LogP contribution in [0.4, 0.5) is 5.69 Å². The van der Waals surface area contributed by atoms with Gasteiger partial charge in [0.15, 0.2) is 0 Å². The van der Waals surface area contributed by atoms with Gasteiger partial charge in [0.1, 0.15) is 5.75 Å². The first kappa shape index (κ1) is 17.5. The lowest BCUT2D eigenvalue weighted by Gasteiger charge is -1.99. The molecule has 0 heterocycles. The van der Waals surface area contributed by atoms with E-state index in [9.17, 15) is 29.3 Å².